The molecule has 0 aromatic carbocycles. The first-order valence-corrected chi connectivity index (χ1v) is 6.57. The second-order valence-corrected chi connectivity index (χ2v) is 5.05. The Balaban J connectivity index is 2.33. The largest absolute Gasteiger partial charge is 0.481 e. The van der Waals surface area contributed by atoms with Crippen molar-refractivity contribution in [3.63, 3.8) is 0 Å². The van der Waals surface area contributed by atoms with Gasteiger partial charge in [0.1, 0.15) is 0 Å². The van der Waals surface area contributed by atoms with Gasteiger partial charge in [0.05, 0.1) is 17.9 Å². The maximum absolute atomic E-state index is 11.8. The quantitative estimate of drug-likeness (QED) is 0.692. The SMILES string of the molecule is CCCC(CNC(=O)CC1(OC)CCC1)C(=O)O. The third kappa shape index (κ3) is 3.98. The normalized spacial score (nSPS) is 18.8. The summed E-state index contributed by atoms with van der Waals surface area (Å²) in [6, 6.07) is 0. The number of carboxylic acids is 1. The van der Waals surface area contributed by atoms with E-state index in [0.717, 1.165) is 25.7 Å². The molecular weight excluding hydrogens is 234 g/mol. The molecule has 0 spiro atoms. The van der Waals surface area contributed by atoms with E-state index in [1.165, 1.54) is 0 Å². The van der Waals surface area contributed by atoms with Crippen LogP contribution < -0.4 is 5.32 Å². The first-order valence-electron chi connectivity index (χ1n) is 6.57. The first-order chi connectivity index (χ1) is 8.53. The predicted octanol–water partition coefficient (Wildman–Crippen LogP) is 1.56. The predicted molar refractivity (Wildman–Crippen MR) is 67.3 cm³/mol. The minimum atomic E-state index is -0.845. The van der Waals surface area contributed by atoms with Crippen LogP contribution in [-0.2, 0) is 14.3 Å². The molecule has 0 saturated heterocycles. The number of rotatable bonds is 8. The van der Waals surface area contributed by atoms with Gasteiger partial charge in [0.15, 0.2) is 0 Å². The van der Waals surface area contributed by atoms with E-state index in [0.29, 0.717) is 12.8 Å². The van der Waals surface area contributed by atoms with E-state index in [-0.39, 0.29) is 18.1 Å². The number of carbonyl (C=O) groups is 2. The van der Waals surface area contributed by atoms with Crippen molar-refractivity contribution in [3.8, 4) is 0 Å². The van der Waals surface area contributed by atoms with Crippen molar-refractivity contribution in [2.75, 3.05) is 13.7 Å². The van der Waals surface area contributed by atoms with E-state index in [9.17, 15) is 9.59 Å². The highest BCUT2D eigenvalue weighted by Crippen LogP contribution is 2.37. The first kappa shape index (κ1) is 15.0. The molecule has 1 unspecified atom stereocenters. The summed E-state index contributed by atoms with van der Waals surface area (Å²) in [5.41, 5.74) is -0.298. The lowest BCUT2D eigenvalue weighted by Gasteiger charge is -2.39. The van der Waals surface area contributed by atoms with Crippen molar-refractivity contribution >= 4 is 11.9 Å². The van der Waals surface area contributed by atoms with Gasteiger partial charge in [0.2, 0.25) is 5.91 Å². The summed E-state index contributed by atoms with van der Waals surface area (Å²) < 4.78 is 5.37. The van der Waals surface area contributed by atoms with Crippen molar-refractivity contribution in [2.24, 2.45) is 5.92 Å². The fourth-order valence-electron chi connectivity index (χ4n) is 2.28. The maximum Gasteiger partial charge on any atom is 0.308 e. The Morgan fingerprint density at radius 3 is 2.50 bits per heavy atom. The Kier molecular flexibility index (Phi) is 5.59. The molecule has 1 fully saturated rings. The van der Waals surface area contributed by atoms with Crippen LogP contribution in [0.4, 0.5) is 0 Å². The van der Waals surface area contributed by atoms with Crippen molar-refractivity contribution in [1.29, 1.82) is 0 Å². The van der Waals surface area contributed by atoms with Crippen LogP contribution in [0.15, 0.2) is 0 Å². The van der Waals surface area contributed by atoms with Gasteiger partial charge in [-0.3, -0.25) is 9.59 Å². The summed E-state index contributed by atoms with van der Waals surface area (Å²) in [5, 5.41) is 11.7. The maximum atomic E-state index is 11.8. The van der Waals surface area contributed by atoms with E-state index < -0.39 is 11.9 Å². The van der Waals surface area contributed by atoms with E-state index in [1.54, 1.807) is 7.11 Å². The summed E-state index contributed by atoms with van der Waals surface area (Å²) in [4.78, 5) is 22.7. The molecule has 0 aliphatic heterocycles. The van der Waals surface area contributed by atoms with Crippen LogP contribution in [0.25, 0.3) is 0 Å². The molecule has 1 rings (SSSR count). The van der Waals surface area contributed by atoms with Gasteiger partial charge in [-0.1, -0.05) is 13.3 Å². The Morgan fingerprint density at radius 1 is 1.44 bits per heavy atom. The second-order valence-electron chi connectivity index (χ2n) is 5.05. The number of methoxy groups -OCH3 is 1. The topological polar surface area (TPSA) is 75.6 Å². The van der Waals surface area contributed by atoms with Gasteiger partial charge in [-0.2, -0.15) is 0 Å². The second kappa shape index (κ2) is 6.73. The number of amides is 1. The number of carboxylic acid groups (broad SMARTS) is 1. The fourth-order valence-corrected chi connectivity index (χ4v) is 2.28. The zero-order valence-corrected chi connectivity index (χ0v) is 11.2. The highest BCUT2D eigenvalue weighted by molar-refractivity contribution is 5.78. The molecule has 1 amide bonds. The molecule has 5 nitrogen and oxygen atoms in total. The Bertz CT molecular complexity index is 294. The van der Waals surface area contributed by atoms with Gasteiger partial charge >= 0.3 is 5.97 Å². The molecule has 18 heavy (non-hydrogen) atoms. The van der Waals surface area contributed by atoms with E-state index in [2.05, 4.69) is 5.32 Å². The number of nitrogens with one attached hydrogen (secondary N) is 1. The molecule has 2 N–H and O–H groups in total. The summed E-state index contributed by atoms with van der Waals surface area (Å²) in [7, 11) is 1.63. The van der Waals surface area contributed by atoms with Crippen molar-refractivity contribution < 1.29 is 19.4 Å². The molecule has 0 aromatic heterocycles. The van der Waals surface area contributed by atoms with Gasteiger partial charge in [0.25, 0.3) is 0 Å². The molecule has 1 aliphatic carbocycles. The zero-order valence-electron chi connectivity index (χ0n) is 11.2. The molecule has 1 aliphatic rings. The number of ether oxygens (including phenoxy) is 1. The van der Waals surface area contributed by atoms with Gasteiger partial charge in [-0.15, -0.1) is 0 Å². The molecule has 104 valence electrons. The number of hydrogen-bond acceptors (Lipinski definition) is 3. The Morgan fingerprint density at radius 2 is 2.11 bits per heavy atom. The lowest BCUT2D eigenvalue weighted by Crippen LogP contribution is -2.45. The average molecular weight is 257 g/mol. The average Bonchev–Trinajstić information content (AvgIpc) is 2.28. The van der Waals surface area contributed by atoms with Crippen LogP contribution in [0.3, 0.4) is 0 Å². The summed E-state index contributed by atoms with van der Waals surface area (Å²) >= 11 is 0. The summed E-state index contributed by atoms with van der Waals surface area (Å²) in [6.07, 6.45) is 4.64. The van der Waals surface area contributed by atoms with Gasteiger partial charge in [-0.05, 0) is 25.7 Å². The van der Waals surface area contributed by atoms with E-state index >= 15 is 0 Å². The van der Waals surface area contributed by atoms with Crippen molar-refractivity contribution in [2.45, 2.75) is 51.0 Å². The van der Waals surface area contributed by atoms with E-state index in [4.69, 9.17) is 9.84 Å². The van der Waals surface area contributed by atoms with Crippen molar-refractivity contribution in [1.82, 2.24) is 5.32 Å². The highest BCUT2D eigenvalue weighted by Gasteiger charge is 2.39. The molecule has 5 heteroatoms. The Hall–Kier alpha value is -1.10. The fraction of sp³-hybridized carbons (Fsp3) is 0.846. The molecule has 0 radical (unpaired) electrons. The summed E-state index contributed by atoms with van der Waals surface area (Å²) in [5.74, 6) is -1.44. The smallest absolute Gasteiger partial charge is 0.308 e. The summed E-state index contributed by atoms with van der Waals surface area (Å²) in [6.45, 7) is 2.15. The molecular formula is C13H23NO4. The van der Waals surface area contributed by atoms with Gasteiger partial charge < -0.3 is 15.2 Å². The third-order valence-corrected chi connectivity index (χ3v) is 3.71. The number of carbonyl (C=O) groups excluding carboxylic acids is 1. The molecule has 0 aromatic rings. The standard InChI is InChI=1S/C13H23NO4/c1-3-5-10(12(16)17)9-14-11(15)8-13(18-2)6-4-7-13/h10H,3-9H2,1-2H3,(H,14,15)(H,16,17). The van der Waals surface area contributed by atoms with Gasteiger partial charge in [0, 0.05) is 13.7 Å². The molecule has 1 atom stereocenters. The molecule has 1 saturated carbocycles. The van der Waals surface area contributed by atoms with Crippen LogP contribution >= 0.6 is 0 Å². The van der Waals surface area contributed by atoms with Crippen LogP contribution in [0, 0.1) is 5.92 Å². The minimum Gasteiger partial charge on any atom is -0.481 e. The minimum absolute atomic E-state index is 0.112. The van der Waals surface area contributed by atoms with Crippen LogP contribution in [0.5, 0.6) is 0 Å². The van der Waals surface area contributed by atoms with E-state index in [1.807, 2.05) is 6.92 Å². The highest BCUT2D eigenvalue weighted by atomic mass is 16.5. The number of aliphatic carboxylic acids is 1. The number of hydrogen-bond donors (Lipinski definition) is 2. The van der Waals surface area contributed by atoms with Gasteiger partial charge in [-0.25, -0.2) is 0 Å². The monoisotopic (exact) mass is 257 g/mol. The van der Waals surface area contributed by atoms with Crippen LogP contribution in [0.1, 0.15) is 45.4 Å². The van der Waals surface area contributed by atoms with Crippen molar-refractivity contribution in [3.05, 3.63) is 0 Å². The lowest BCUT2D eigenvalue weighted by molar-refractivity contribution is -0.142. The molecule has 0 bridgehead atoms. The third-order valence-electron chi connectivity index (χ3n) is 3.71. The zero-order chi connectivity index (χ0) is 13.6. The van der Waals surface area contributed by atoms with Crippen LogP contribution in [0.2, 0.25) is 0 Å². The Labute approximate surface area is 108 Å². The lowest BCUT2D eigenvalue weighted by atomic mass is 9.77. The molecule has 0 heterocycles. The van der Waals surface area contributed by atoms with Crippen LogP contribution in [-0.4, -0.2) is 36.2 Å².